The average Bonchev–Trinajstić information content (AvgIpc) is 3.53. The van der Waals surface area contributed by atoms with E-state index < -0.39 is 0 Å². The highest BCUT2D eigenvalue weighted by Crippen LogP contribution is 2.38. The Morgan fingerprint density at radius 3 is 1.70 bits per heavy atom. The van der Waals surface area contributed by atoms with Gasteiger partial charge in [0.2, 0.25) is 0 Å². The highest BCUT2D eigenvalue weighted by atomic mass is 16.3. The molecule has 0 fully saturated rings. The maximum Gasteiger partial charge on any atom is 0.164 e. The van der Waals surface area contributed by atoms with Crippen molar-refractivity contribution < 1.29 is 4.42 Å². The van der Waals surface area contributed by atoms with Crippen LogP contribution in [0, 0.1) is 0 Å². The van der Waals surface area contributed by atoms with Crippen molar-refractivity contribution in [2.24, 2.45) is 0 Å². The summed E-state index contributed by atoms with van der Waals surface area (Å²) >= 11 is 0. The van der Waals surface area contributed by atoms with Crippen molar-refractivity contribution >= 4 is 32.7 Å². The molecule has 0 radical (unpaired) electrons. The highest BCUT2D eigenvalue weighted by molar-refractivity contribution is 6.12. The zero-order chi connectivity index (χ0) is 31.2. The summed E-state index contributed by atoms with van der Waals surface area (Å²) in [6.45, 7) is 0. The molecular weight excluding hydrogens is 574 g/mol. The van der Waals surface area contributed by atoms with Gasteiger partial charge in [-0.25, -0.2) is 15.0 Å². The smallest absolute Gasteiger partial charge is 0.164 e. The van der Waals surface area contributed by atoms with E-state index in [2.05, 4.69) is 115 Å². The third-order valence-corrected chi connectivity index (χ3v) is 8.76. The second-order valence-electron chi connectivity index (χ2n) is 11.6. The molecule has 7 aromatic carbocycles. The summed E-state index contributed by atoms with van der Waals surface area (Å²) in [7, 11) is 0. The van der Waals surface area contributed by atoms with Crippen LogP contribution in [-0.2, 0) is 0 Å². The van der Waals surface area contributed by atoms with Crippen LogP contribution in [0.3, 0.4) is 0 Å². The number of hydrogen-bond acceptors (Lipinski definition) is 4. The second-order valence-corrected chi connectivity index (χ2v) is 11.6. The molecule has 9 aromatic rings. The van der Waals surface area contributed by atoms with Crippen molar-refractivity contribution in [1.29, 1.82) is 0 Å². The first-order valence-electron chi connectivity index (χ1n) is 15.7. The van der Waals surface area contributed by atoms with Crippen LogP contribution in [0.2, 0.25) is 0 Å². The van der Waals surface area contributed by atoms with E-state index >= 15 is 0 Å². The van der Waals surface area contributed by atoms with E-state index in [1.54, 1.807) is 0 Å². The highest BCUT2D eigenvalue weighted by Gasteiger charge is 2.18. The summed E-state index contributed by atoms with van der Waals surface area (Å²) in [4.78, 5) is 15.1. The third-order valence-electron chi connectivity index (χ3n) is 8.76. The molecule has 0 aliphatic heterocycles. The normalized spacial score (nSPS) is 11.4. The molecule has 0 saturated heterocycles. The molecule has 0 bridgehead atoms. The molecule has 220 valence electrons. The third kappa shape index (κ3) is 4.84. The fraction of sp³-hybridized carbons (Fsp3) is 0. The van der Waals surface area contributed by atoms with Gasteiger partial charge in [-0.15, -0.1) is 0 Å². The lowest BCUT2D eigenvalue weighted by atomic mass is 9.97. The zero-order valence-electron chi connectivity index (χ0n) is 25.3. The largest absolute Gasteiger partial charge is 0.456 e. The Bertz CT molecular complexity index is 2550. The lowest BCUT2D eigenvalue weighted by Crippen LogP contribution is -2.00. The van der Waals surface area contributed by atoms with Crippen LogP contribution in [0.15, 0.2) is 168 Å². The van der Waals surface area contributed by atoms with Gasteiger partial charge in [-0.2, -0.15) is 0 Å². The molecule has 0 amide bonds. The molecule has 0 saturated carbocycles. The molecule has 9 rings (SSSR count). The van der Waals surface area contributed by atoms with Crippen LogP contribution in [0.1, 0.15) is 0 Å². The molecular formula is C43H27N3O. The van der Waals surface area contributed by atoms with Crippen molar-refractivity contribution in [3.8, 4) is 56.4 Å². The van der Waals surface area contributed by atoms with E-state index in [1.807, 2.05) is 48.5 Å². The summed E-state index contributed by atoms with van der Waals surface area (Å²) in [5.74, 6) is 1.85. The number of benzene rings is 7. The molecule has 0 unspecified atom stereocenters. The van der Waals surface area contributed by atoms with E-state index in [0.29, 0.717) is 17.5 Å². The molecule has 4 nitrogen and oxygen atoms in total. The molecule has 0 N–H and O–H groups in total. The molecule has 0 spiro atoms. The standard InChI is InChI=1S/C43H27N3O/c1-3-11-28(12-4-1)33-25-26-36-39(27-33)47-38-20-10-19-37(40(36)38)43-45-41(31-14-5-2-6-15-31)44-42(46-43)32-23-21-30(22-24-32)35-18-9-16-29-13-7-8-17-34(29)35/h1-27H. The van der Waals surface area contributed by atoms with E-state index in [9.17, 15) is 0 Å². The summed E-state index contributed by atoms with van der Waals surface area (Å²) in [5.41, 5.74) is 8.99. The summed E-state index contributed by atoms with van der Waals surface area (Å²) in [6.07, 6.45) is 0. The first kappa shape index (κ1) is 27.0. The minimum absolute atomic E-state index is 0.604. The van der Waals surface area contributed by atoms with E-state index in [1.165, 1.54) is 16.3 Å². The maximum absolute atomic E-state index is 6.42. The van der Waals surface area contributed by atoms with Crippen molar-refractivity contribution in [2.45, 2.75) is 0 Å². The SMILES string of the molecule is c1ccc(-c2ccc3c(c2)oc2cccc(-c4nc(-c5ccccc5)nc(-c5ccc(-c6cccc7ccccc67)cc5)n4)c23)cc1. The summed E-state index contributed by atoms with van der Waals surface area (Å²) < 4.78 is 6.42. The predicted molar refractivity (Wildman–Crippen MR) is 192 cm³/mol. The summed E-state index contributed by atoms with van der Waals surface area (Å²) in [5, 5.41) is 4.47. The van der Waals surface area contributed by atoms with Crippen molar-refractivity contribution in [2.75, 3.05) is 0 Å². The Kier molecular flexibility index (Phi) is 6.43. The molecule has 0 aliphatic rings. The van der Waals surface area contributed by atoms with Crippen LogP contribution >= 0.6 is 0 Å². The van der Waals surface area contributed by atoms with Crippen molar-refractivity contribution in [3.63, 3.8) is 0 Å². The van der Waals surface area contributed by atoms with Crippen molar-refractivity contribution in [3.05, 3.63) is 164 Å². The monoisotopic (exact) mass is 601 g/mol. The first-order chi connectivity index (χ1) is 23.3. The number of nitrogens with zero attached hydrogens (tertiary/aromatic N) is 3. The van der Waals surface area contributed by atoms with Gasteiger partial charge in [0, 0.05) is 27.5 Å². The van der Waals surface area contributed by atoms with Crippen LogP contribution < -0.4 is 0 Å². The van der Waals surface area contributed by atoms with E-state index in [0.717, 1.165) is 55.3 Å². The van der Waals surface area contributed by atoms with Gasteiger partial charge in [0.1, 0.15) is 11.2 Å². The van der Waals surface area contributed by atoms with Crippen LogP contribution in [0.25, 0.3) is 89.1 Å². The van der Waals surface area contributed by atoms with Gasteiger partial charge < -0.3 is 4.42 Å². The Hall–Kier alpha value is -6.39. The lowest BCUT2D eigenvalue weighted by molar-refractivity contribution is 0.669. The Morgan fingerprint density at radius 2 is 0.915 bits per heavy atom. The van der Waals surface area contributed by atoms with Gasteiger partial charge in [-0.3, -0.25) is 0 Å². The quantitative estimate of drug-likeness (QED) is 0.197. The minimum atomic E-state index is 0.604. The fourth-order valence-corrected chi connectivity index (χ4v) is 6.44. The topological polar surface area (TPSA) is 51.8 Å². The molecule has 0 atom stereocenters. The van der Waals surface area contributed by atoms with Gasteiger partial charge in [0.05, 0.1) is 0 Å². The minimum Gasteiger partial charge on any atom is -0.456 e. The van der Waals surface area contributed by atoms with Gasteiger partial charge in [0.15, 0.2) is 17.5 Å². The number of hydrogen-bond donors (Lipinski definition) is 0. The fourth-order valence-electron chi connectivity index (χ4n) is 6.44. The Morgan fingerprint density at radius 1 is 0.340 bits per heavy atom. The number of furan rings is 1. The average molecular weight is 602 g/mol. The summed E-state index contributed by atoms with van der Waals surface area (Å²) in [6, 6.07) is 56.3. The molecule has 4 heteroatoms. The molecule has 47 heavy (non-hydrogen) atoms. The van der Waals surface area contributed by atoms with Crippen LogP contribution in [0.4, 0.5) is 0 Å². The molecule has 2 aromatic heterocycles. The molecule has 2 heterocycles. The number of fused-ring (bicyclic) bond motifs is 4. The van der Waals surface area contributed by atoms with Gasteiger partial charge in [0.25, 0.3) is 0 Å². The van der Waals surface area contributed by atoms with Gasteiger partial charge >= 0.3 is 0 Å². The molecule has 0 aliphatic carbocycles. The van der Waals surface area contributed by atoms with Gasteiger partial charge in [-0.05, 0) is 51.2 Å². The van der Waals surface area contributed by atoms with E-state index in [-0.39, 0.29) is 0 Å². The second kappa shape index (κ2) is 11.2. The maximum atomic E-state index is 6.42. The van der Waals surface area contributed by atoms with Crippen LogP contribution in [-0.4, -0.2) is 15.0 Å². The van der Waals surface area contributed by atoms with Gasteiger partial charge in [-0.1, -0.05) is 146 Å². The van der Waals surface area contributed by atoms with Crippen molar-refractivity contribution in [1.82, 2.24) is 15.0 Å². The predicted octanol–water partition coefficient (Wildman–Crippen LogP) is 11.3. The number of aromatic nitrogens is 3. The van der Waals surface area contributed by atoms with Crippen LogP contribution in [0.5, 0.6) is 0 Å². The Labute approximate surface area is 271 Å². The number of rotatable bonds is 5. The zero-order valence-corrected chi connectivity index (χ0v) is 25.3. The first-order valence-corrected chi connectivity index (χ1v) is 15.7. The van der Waals surface area contributed by atoms with E-state index in [4.69, 9.17) is 19.4 Å². The Balaban J connectivity index is 1.19. The lowest BCUT2D eigenvalue weighted by Gasteiger charge is -2.10.